The number of Topliss-reactive ketones (excluding diaryl/α,β-unsaturated/α-hetero) is 1. The van der Waals surface area contributed by atoms with Gasteiger partial charge in [-0.3, -0.25) is 9.59 Å². The molecule has 0 fully saturated rings. The molecule has 2 unspecified atom stereocenters. The molecule has 0 radical (unpaired) electrons. The van der Waals surface area contributed by atoms with Crippen molar-refractivity contribution >= 4 is 11.8 Å². The Morgan fingerprint density at radius 1 is 0.600 bits per heavy atom. The van der Waals surface area contributed by atoms with E-state index in [4.69, 9.17) is 4.74 Å². The number of aliphatic hydroxyl groups excluding tert-OH is 1. The van der Waals surface area contributed by atoms with E-state index in [0.29, 0.717) is 13.0 Å². The first-order chi connectivity index (χ1) is 19.5. The van der Waals surface area contributed by atoms with Gasteiger partial charge in [0.05, 0.1) is 12.7 Å². The minimum Gasteiger partial charge on any atom is -0.465 e. The fourth-order valence-corrected chi connectivity index (χ4v) is 5.32. The summed E-state index contributed by atoms with van der Waals surface area (Å²) in [6.07, 6.45) is 34.6. The van der Waals surface area contributed by atoms with Crippen molar-refractivity contribution in [3.8, 4) is 0 Å². The number of unbranched alkanes of at least 4 members (excludes halogenated alkanes) is 20. The van der Waals surface area contributed by atoms with Gasteiger partial charge in [0.1, 0.15) is 11.7 Å². The molecule has 0 spiro atoms. The Kier molecular flexibility index (Phi) is 29.9. The number of ether oxygens (including phenoxy) is 1. The maximum atomic E-state index is 12.4. The van der Waals surface area contributed by atoms with E-state index in [0.717, 1.165) is 64.2 Å². The number of aliphatic hydroxyl groups is 1. The van der Waals surface area contributed by atoms with Crippen molar-refractivity contribution in [3.63, 3.8) is 0 Å². The van der Waals surface area contributed by atoms with Gasteiger partial charge in [0.2, 0.25) is 0 Å². The van der Waals surface area contributed by atoms with Gasteiger partial charge in [-0.25, -0.2) is 0 Å². The minimum atomic E-state index is -0.592. The lowest BCUT2D eigenvalue weighted by Crippen LogP contribution is -2.24. The molecule has 0 saturated heterocycles. The van der Waals surface area contributed by atoms with E-state index in [1.165, 1.54) is 103 Å². The van der Waals surface area contributed by atoms with E-state index in [1.54, 1.807) is 0 Å². The van der Waals surface area contributed by atoms with Crippen molar-refractivity contribution in [2.75, 3.05) is 6.61 Å². The average Bonchev–Trinajstić information content (AvgIpc) is 2.94. The number of rotatable bonds is 31. The quantitative estimate of drug-likeness (QED) is 0.0393. The number of allylic oxidation sites excluding steroid dienone is 1. The van der Waals surface area contributed by atoms with E-state index in [-0.39, 0.29) is 17.9 Å². The van der Waals surface area contributed by atoms with Crippen molar-refractivity contribution in [2.24, 2.45) is 5.92 Å². The SMILES string of the molecule is CCCCCCCCCCCCCCCCOC(=O)C(CCCCCC/C=C\CC(O)CCCCCC)C(C)=O. The maximum Gasteiger partial charge on any atom is 0.316 e. The fraction of sp³-hybridized carbons (Fsp3) is 0.889. The van der Waals surface area contributed by atoms with Crippen LogP contribution in [0.5, 0.6) is 0 Å². The first kappa shape index (κ1) is 38.8. The van der Waals surface area contributed by atoms with Crippen molar-refractivity contribution in [2.45, 2.75) is 194 Å². The van der Waals surface area contributed by atoms with E-state index >= 15 is 0 Å². The molecule has 0 aromatic heterocycles. The normalized spacial score (nSPS) is 13.1. The number of esters is 1. The van der Waals surface area contributed by atoms with E-state index in [1.807, 2.05) is 0 Å². The summed E-state index contributed by atoms with van der Waals surface area (Å²) in [7, 11) is 0. The second-order valence-electron chi connectivity index (χ2n) is 12.1. The van der Waals surface area contributed by atoms with E-state index in [2.05, 4.69) is 26.0 Å². The molecule has 0 heterocycles. The number of hydrogen-bond donors (Lipinski definition) is 1. The zero-order chi connectivity index (χ0) is 29.5. The van der Waals surface area contributed by atoms with Crippen LogP contribution in [0, 0.1) is 5.92 Å². The third-order valence-electron chi connectivity index (χ3n) is 8.10. The number of carbonyl (C=O) groups is 2. The van der Waals surface area contributed by atoms with Gasteiger partial charge in [0, 0.05) is 0 Å². The molecular weight excluding hydrogens is 496 g/mol. The molecular formula is C36H68O4. The summed E-state index contributed by atoms with van der Waals surface area (Å²) in [5.41, 5.74) is 0. The highest BCUT2D eigenvalue weighted by molar-refractivity contribution is 5.97. The molecule has 0 aromatic rings. The zero-order valence-electron chi connectivity index (χ0n) is 27.1. The molecule has 0 aliphatic heterocycles. The molecule has 4 heteroatoms. The first-order valence-electron chi connectivity index (χ1n) is 17.5. The van der Waals surface area contributed by atoms with Gasteiger partial charge < -0.3 is 9.84 Å². The van der Waals surface area contributed by atoms with E-state index < -0.39 is 5.92 Å². The molecule has 0 aromatic carbocycles. The molecule has 0 aliphatic carbocycles. The van der Waals surface area contributed by atoms with Crippen molar-refractivity contribution in [1.29, 1.82) is 0 Å². The van der Waals surface area contributed by atoms with Crippen LogP contribution in [0.2, 0.25) is 0 Å². The molecule has 0 saturated carbocycles. The fourth-order valence-electron chi connectivity index (χ4n) is 5.32. The smallest absolute Gasteiger partial charge is 0.316 e. The molecule has 0 amide bonds. The van der Waals surface area contributed by atoms with Crippen molar-refractivity contribution in [1.82, 2.24) is 0 Å². The van der Waals surface area contributed by atoms with Crippen LogP contribution in [-0.2, 0) is 14.3 Å². The Morgan fingerprint density at radius 3 is 1.60 bits per heavy atom. The summed E-state index contributed by atoms with van der Waals surface area (Å²) in [6, 6.07) is 0. The second-order valence-corrected chi connectivity index (χ2v) is 12.1. The molecule has 1 N–H and O–H groups in total. The Labute approximate surface area is 249 Å². The molecule has 0 aliphatic rings. The molecule has 0 rings (SSSR count). The second kappa shape index (κ2) is 30.8. The third-order valence-corrected chi connectivity index (χ3v) is 8.10. The van der Waals surface area contributed by atoms with Gasteiger partial charge in [-0.15, -0.1) is 0 Å². The summed E-state index contributed by atoms with van der Waals surface area (Å²) < 4.78 is 5.46. The van der Waals surface area contributed by atoms with Crippen LogP contribution in [0.3, 0.4) is 0 Å². The van der Waals surface area contributed by atoms with Crippen LogP contribution in [0.25, 0.3) is 0 Å². The van der Waals surface area contributed by atoms with Crippen molar-refractivity contribution < 1.29 is 19.4 Å². The lowest BCUT2D eigenvalue weighted by Gasteiger charge is -2.13. The van der Waals surface area contributed by atoms with Crippen LogP contribution in [0.15, 0.2) is 12.2 Å². The summed E-state index contributed by atoms with van der Waals surface area (Å²) in [5.74, 6) is -0.981. The topological polar surface area (TPSA) is 63.6 Å². The van der Waals surface area contributed by atoms with Gasteiger partial charge in [0.25, 0.3) is 0 Å². The van der Waals surface area contributed by atoms with Gasteiger partial charge >= 0.3 is 5.97 Å². The summed E-state index contributed by atoms with van der Waals surface area (Å²) in [5, 5.41) is 10.0. The predicted octanol–water partition coefficient (Wildman–Crippen LogP) is 10.8. The monoisotopic (exact) mass is 565 g/mol. The Morgan fingerprint density at radius 2 is 1.05 bits per heavy atom. The largest absolute Gasteiger partial charge is 0.465 e. The summed E-state index contributed by atoms with van der Waals surface area (Å²) in [6.45, 7) is 6.44. The molecule has 40 heavy (non-hydrogen) atoms. The van der Waals surface area contributed by atoms with Gasteiger partial charge in [-0.1, -0.05) is 154 Å². The molecule has 4 nitrogen and oxygen atoms in total. The van der Waals surface area contributed by atoms with Crippen LogP contribution in [0.4, 0.5) is 0 Å². The Balaban J connectivity index is 3.65. The molecule has 2 atom stereocenters. The summed E-state index contributed by atoms with van der Waals surface area (Å²) in [4.78, 5) is 24.4. The predicted molar refractivity (Wildman–Crippen MR) is 172 cm³/mol. The lowest BCUT2D eigenvalue weighted by atomic mass is 9.97. The van der Waals surface area contributed by atoms with Gasteiger partial charge in [-0.05, 0) is 45.4 Å². The third kappa shape index (κ3) is 27.0. The highest BCUT2D eigenvalue weighted by atomic mass is 16.5. The first-order valence-corrected chi connectivity index (χ1v) is 17.5. The average molecular weight is 565 g/mol. The van der Waals surface area contributed by atoms with Gasteiger partial charge in [0.15, 0.2) is 0 Å². The standard InChI is InChI=1S/C36H68O4/c1-4-6-8-10-11-12-13-14-15-16-17-21-24-28-32-40-36(39)35(33(3)37)31-27-23-20-18-19-22-26-30-34(38)29-25-9-7-5-2/h22,26,34-35,38H,4-21,23-25,27-32H2,1-3H3/b26-22-. The minimum absolute atomic E-state index is 0.0675. The van der Waals surface area contributed by atoms with Crippen LogP contribution in [0.1, 0.15) is 188 Å². The van der Waals surface area contributed by atoms with Crippen LogP contribution >= 0.6 is 0 Å². The summed E-state index contributed by atoms with van der Waals surface area (Å²) >= 11 is 0. The van der Waals surface area contributed by atoms with E-state index in [9.17, 15) is 14.7 Å². The van der Waals surface area contributed by atoms with Crippen LogP contribution in [-0.4, -0.2) is 29.6 Å². The highest BCUT2D eigenvalue weighted by Gasteiger charge is 2.24. The number of carbonyl (C=O) groups excluding carboxylic acids is 2. The maximum absolute atomic E-state index is 12.4. The Hall–Kier alpha value is -1.16. The molecule has 0 bridgehead atoms. The molecule has 236 valence electrons. The lowest BCUT2D eigenvalue weighted by molar-refractivity contribution is -0.152. The highest BCUT2D eigenvalue weighted by Crippen LogP contribution is 2.16. The number of hydrogen-bond acceptors (Lipinski definition) is 4. The van der Waals surface area contributed by atoms with Crippen molar-refractivity contribution in [3.05, 3.63) is 12.2 Å². The number of ketones is 1. The zero-order valence-corrected chi connectivity index (χ0v) is 27.1. The van der Waals surface area contributed by atoms with Crippen LogP contribution < -0.4 is 0 Å². The van der Waals surface area contributed by atoms with Gasteiger partial charge in [-0.2, -0.15) is 0 Å². The Bertz CT molecular complexity index is 585.